The first kappa shape index (κ1) is 12.1. The van der Waals surface area contributed by atoms with E-state index in [1.807, 2.05) is 0 Å². The van der Waals surface area contributed by atoms with Crippen LogP contribution in [-0.4, -0.2) is 12.9 Å². The third-order valence-corrected chi connectivity index (χ3v) is 3.45. The number of rotatable bonds is 3. The Morgan fingerprint density at radius 3 is 2.71 bits per heavy atom. The molecule has 2 aromatic rings. The smallest absolute Gasteiger partial charge is 0.206 e. The topological polar surface area (TPSA) is 26.3 Å². The maximum Gasteiger partial charge on any atom is 0.206 e. The van der Waals surface area contributed by atoms with Crippen LogP contribution in [0.3, 0.4) is 0 Å². The van der Waals surface area contributed by atoms with Crippen LogP contribution in [0.2, 0.25) is 4.34 Å². The van der Waals surface area contributed by atoms with Gasteiger partial charge in [-0.2, -0.15) is 0 Å². The number of hydrogen-bond acceptors (Lipinski definition) is 3. The second-order valence-electron chi connectivity index (χ2n) is 3.25. The van der Waals surface area contributed by atoms with Gasteiger partial charge in [0.1, 0.15) is 0 Å². The Hall–Kier alpha value is -1.39. The lowest BCUT2D eigenvalue weighted by atomic mass is 10.1. The van der Waals surface area contributed by atoms with Crippen LogP contribution in [0, 0.1) is 5.82 Å². The number of carbonyl (C=O) groups is 1. The molecular formula is C12H8ClFO2S. The second-order valence-corrected chi connectivity index (χ2v) is 4.97. The molecule has 5 heteroatoms. The van der Waals surface area contributed by atoms with Crippen molar-refractivity contribution in [3.05, 3.63) is 50.9 Å². The summed E-state index contributed by atoms with van der Waals surface area (Å²) in [6, 6.07) is 7.65. The van der Waals surface area contributed by atoms with Gasteiger partial charge in [0.15, 0.2) is 11.6 Å². The van der Waals surface area contributed by atoms with Crippen LogP contribution in [0.15, 0.2) is 30.3 Å². The van der Waals surface area contributed by atoms with Gasteiger partial charge in [-0.3, -0.25) is 4.79 Å². The fourth-order valence-electron chi connectivity index (χ4n) is 1.41. The van der Waals surface area contributed by atoms with Crippen LogP contribution in [0.4, 0.5) is 4.39 Å². The highest BCUT2D eigenvalue weighted by molar-refractivity contribution is 7.18. The van der Waals surface area contributed by atoms with Gasteiger partial charge >= 0.3 is 0 Å². The van der Waals surface area contributed by atoms with Crippen molar-refractivity contribution in [1.82, 2.24) is 0 Å². The van der Waals surface area contributed by atoms with Gasteiger partial charge in [0.25, 0.3) is 0 Å². The number of ether oxygens (including phenoxy) is 1. The Morgan fingerprint density at radius 2 is 2.12 bits per heavy atom. The van der Waals surface area contributed by atoms with Crippen molar-refractivity contribution in [2.75, 3.05) is 7.11 Å². The zero-order chi connectivity index (χ0) is 12.4. The summed E-state index contributed by atoms with van der Waals surface area (Å²) in [5, 5.41) is 0. The van der Waals surface area contributed by atoms with Gasteiger partial charge in [-0.25, -0.2) is 4.39 Å². The lowest BCUT2D eigenvalue weighted by molar-refractivity contribution is 0.103. The maximum atomic E-state index is 13.8. The first-order chi connectivity index (χ1) is 8.13. The quantitative estimate of drug-likeness (QED) is 0.794. The number of benzene rings is 1. The molecule has 0 atom stereocenters. The van der Waals surface area contributed by atoms with E-state index in [2.05, 4.69) is 0 Å². The van der Waals surface area contributed by atoms with E-state index < -0.39 is 11.6 Å². The second kappa shape index (κ2) is 4.85. The van der Waals surface area contributed by atoms with Gasteiger partial charge in [-0.15, -0.1) is 11.3 Å². The fourth-order valence-corrected chi connectivity index (χ4v) is 2.41. The van der Waals surface area contributed by atoms with Crippen molar-refractivity contribution in [1.29, 1.82) is 0 Å². The molecule has 0 amide bonds. The lowest BCUT2D eigenvalue weighted by Gasteiger charge is -2.05. The molecule has 0 aliphatic heterocycles. The van der Waals surface area contributed by atoms with Crippen LogP contribution in [-0.2, 0) is 0 Å². The summed E-state index contributed by atoms with van der Waals surface area (Å²) in [6.45, 7) is 0. The minimum atomic E-state index is -0.649. The molecule has 0 fully saturated rings. The first-order valence-electron chi connectivity index (χ1n) is 4.76. The standard InChI is InChI=1S/C12H8ClFO2S/c1-16-8-4-2-3-7(11(8)14)12(15)9-5-6-10(13)17-9/h2-6H,1H3. The Labute approximate surface area is 107 Å². The molecule has 0 aliphatic rings. The van der Waals surface area contributed by atoms with Crippen molar-refractivity contribution < 1.29 is 13.9 Å². The maximum absolute atomic E-state index is 13.8. The zero-order valence-corrected chi connectivity index (χ0v) is 10.4. The molecule has 2 nitrogen and oxygen atoms in total. The summed E-state index contributed by atoms with van der Waals surface area (Å²) in [4.78, 5) is 12.4. The van der Waals surface area contributed by atoms with Crippen molar-refractivity contribution >= 4 is 28.7 Å². The molecule has 0 aliphatic carbocycles. The molecule has 0 bridgehead atoms. The van der Waals surface area contributed by atoms with Crippen molar-refractivity contribution in [3.63, 3.8) is 0 Å². The number of carbonyl (C=O) groups excluding carboxylic acids is 1. The number of ketones is 1. The third-order valence-electron chi connectivity index (χ3n) is 2.22. The summed E-state index contributed by atoms with van der Waals surface area (Å²) in [7, 11) is 1.36. The average Bonchev–Trinajstić information content (AvgIpc) is 2.75. The summed E-state index contributed by atoms with van der Waals surface area (Å²) in [5.41, 5.74) is -0.0112. The lowest BCUT2D eigenvalue weighted by Crippen LogP contribution is -2.03. The largest absolute Gasteiger partial charge is 0.494 e. The monoisotopic (exact) mass is 270 g/mol. The fraction of sp³-hybridized carbons (Fsp3) is 0.0833. The Balaban J connectivity index is 2.44. The molecule has 2 rings (SSSR count). The molecule has 0 N–H and O–H groups in total. The molecule has 88 valence electrons. The van der Waals surface area contributed by atoms with Crippen LogP contribution >= 0.6 is 22.9 Å². The summed E-state index contributed by atoms with van der Waals surface area (Å²) in [5.74, 6) is -0.985. The van der Waals surface area contributed by atoms with E-state index >= 15 is 0 Å². The highest BCUT2D eigenvalue weighted by Gasteiger charge is 2.18. The molecule has 0 spiro atoms. The average molecular weight is 271 g/mol. The normalized spacial score (nSPS) is 10.3. The molecule has 0 unspecified atom stereocenters. The minimum absolute atomic E-state index is 0.0112. The molecular weight excluding hydrogens is 263 g/mol. The molecule has 0 saturated heterocycles. The van der Waals surface area contributed by atoms with E-state index in [1.54, 1.807) is 18.2 Å². The van der Waals surface area contributed by atoms with E-state index in [9.17, 15) is 9.18 Å². The minimum Gasteiger partial charge on any atom is -0.494 e. The van der Waals surface area contributed by atoms with Gasteiger partial charge in [0.2, 0.25) is 5.78 Å². The van der Waals surface area contributed by atoms with Gasteiger partial charge in [-0.1, -0.05) is 17.7 Å². The highest BCUT2D eigenvalue weighted by atomic mass is 35.5. The van der Waals surface area contributed by atoms with E-state index in [-0.39, 0.29) is 11.3 Å². The summed E-state index contributed by atoms with van der Waals surface area (Å²) >= 11 is 6.86. The van der Waals surface area contributed by atoms with Gasteiger partial charge in [0, 0.05) is 0 Å². The SMILES string of the molecule is COc1cccc(C(=O)c2ccc(Cl)s2)c1F. The van der Waals surface area contributed by atoms with E-state index in [0.717, 1.165) is 11.3 Å². The van der Waals surface area contributed by atoms with Crippen molar-refractivity contribution in [2.24, 2.45) is 0 Å². The summed E-state index contributed by atoms with van der Waals surface area (Å²) in [6.07, 6.45) is 0. The van der Waals surface area contributed by atoms with Gasteiger partial charge in [0.05, 0.1) is 21.9 Å². The Morgan fingerprint density at radius 1 is 1.35 bits per heavy atom. The Bertz CT molecular complexity index is 565. The van der Waals surface area contributed by atoms with Crippen molar-refractivity contribution in [2.45, 2.75) is 0 Å². The first-order valence-corrected chi connectivity index (χ1v) is 5.95. The van der Waals surface area contributed by atoms with Crippen molar-refractivity contribution in [3.8, 4) is 5.75 Å². The number of halogens is 2. The van der Waals surface area contributed by atoms with E-state index in [4.69, 9.17) is 16.3 Å². The summed E-state index contributed by atoms with van der Waals surface area (Å²) < 4.78 is 19.2. The number of thiophene rings is 1. The predicted octanol–water partition coefficient (Wildman–Crippen LogP) is 3.78. The van der Waals surface area contributed by atoms with Crippen LogP contribution < -0.4 is 4.74 Å². The highest BCUT2D eigenvalue weighted by Crippen LogP contribution is 2.27. The molecule has 1 aromatic heterocycles. The molecule has 0 saturated carbocycles. The third kappa shape index (κ3) is 2.33. The molecule has 17 heavy (non-hydrogen) atoms. The van der Waals surface area contributed by atoms with Gasteiger partial charge in [-0.05, 0) is 24.3 Å². The van der Waals surface area contributed by atoms with Crippen LogP contribution in [0.1, 0.15) is 15.2 Å². The van der Waals surface area contributed by atoms with Gasteiger partial charge < -0.3 is 4.74 Å². The predicted molar refractivity (Wildman–Crippen MR) is 65.7 cm³/mol. The molecule has 0 radical (unpaired) electrons. The zero-order valence-electron chi connectivity index (χ0n) is 8.87. The molecule has 1 heterocycles. The van der Waals surface area contributed by atoms with Crippen LogP contribution in [0.25, 0.3) is 0 Å². The number of methoxy groups -OCH3 is 1. The number of hydrogen-bond donors (Lipinski definition) is 0. The van der Waals surface area contributed by atoms with Crippen LogP contribution in [0.5, 0.6) is 5.75 Å². The van der Waals surface area contributed by atoms with E-state index in [1.165, 1.54) is 19.2 Å². The molecule has 1 aromatic carbocycles. The Kier molecular flexibility index (Phi) is 3.45. The van der Waals surface area contributed by atoms with E-state index in [0.29, 0.717) is 9.21 Å².